The molecule has 1 heteroatoms. The molecule has 0 spiro atoms. The SMILES string of the molecule is CC[C@H]1CCC2C3CCc4cc(O)ccc4C3CC[C@@]21C. The third-order valence-electron chi connectivity index (χ3n) is 7.40. The minimum absolute atomic E-state index is 0.444. The highest BCUT2D eigenvalue weighted by molar-refractivity contribution is 5.40. The number of hydrogen-bond acceptors (Lipinski definition) is 1. The standard InChI is InChI=1S/C20H28O/c1-3-14-5-9-19-18-7-4-13-12-15(21)6-8-16(13)17(18)10-11-20(14,19)2/h6,8,12,14,17-19,21H,3-5,7,9-11H2,1-2H3/t14-,17?,18?,19?,20+/m0/s1. The van der Waals surface area contributed by atoms with Crippen molar-refractivity contribution in [3.63, 3.8) is 0 Å². The van der Waals surface area contributed by atoms with Gasteiger partial charge in [0.25, 0.3) is 0 Å². The van der Waals surface area contributed by atoms with E-state index in [9.17, 15) is 5.11 Å². The van der Waals surface area contributed by atoms with Gasteiger partial charge in [0.2, 0.25) is 0 Å². The van der Waals surface area contributed by atoms with Crippen LogP contribution in [-0.4, -0.2) is 5.11 Å². The molecule has 114 valence electrons. The van der Waals surface area contributed by atoms with Crippen LogP contribution in [0.5, 0.6) is 5.75 Å². The molecule has 1 N–H and O–H groups in total. The first-order chi connectivity index (χ1) is 10.1. The average Bonchev–Trinajstić information content (AvgIpc) is 2.83. The molecular weight excluding hydrogens is 256 g/mol. The Kier molecular flexibility index (Phi) is 3.10. The Labute approximate surface area is 128 Å². The lowest BCUT2D eigenvalue weighted by molar-refractivity contribution is 0.0273. The molecule has 0 bridgehead atoms. The molecule has 3 unspecified atom stereocenters. The minimum atomic E-state index is 0.444. The normalized spacial score (nSPS) is 41.2. The molecule has 1 aromatic carbocycles. The third kappa shape index (κ3) is 1.89. The van der Waals surface area contributed by atoms with Gasteiger partial charge >= 0.3 is 0 Å². The third-order valence-corrected chi connectivity index (χ3v) is 7.40. The number of aromatic hydroxyl groups is 1. The summed E-state index contributed by atoms with van der Waals surface area (Å²) in [5.41, 5.74) is 3.60. The molecule has 4 rings (SSSR count). The molecular formula is C20H28O. The van der Waals surface area contributed by atoms with Gasteiger partial charge in [0.1, 0.15) is 5.75 Å². The first kappa shape index (κ1) is 13.7. The monoisotopic (exact) mass is 284 g/mol. The van der Waals surface area contributed by atoms with Crippen molar-refractivity contribution in [3.05, 3.63) is 29.3 Å². The lowest BCUT2D eigenvalue weighted by Crippen LogP contribution is -2.42. The Morgan fingerprint density at radius 1 is 1.19 bits per heavy atom. The molecule has 5 atom stereocenters. The maximum Gasteiger partial charge on any atom is 0.115 e. The van der Waals surface area contributed by atoms with Crippen LogP contribution in [0.2, 0.25) is 0 Å². The number of hydrogen-bond donors (Lipinski definition) is 1. The van der Waals surface area contributed by atoms with E-state index < -0.39 is 0 Å². The lowest BCUT2D eigenvalue weighted by Gasteiger charge is -2.51. The van der Waals surface area contributed by atoms with Gasteiger partial charge in [0.15, 0.2) is 0 Å². The van der Waals surface area contributed by atoms with Crippen LogP contribution in [0.15, 0.2) is 18.2 Å². The van der Waals surface area contributed by atoms with Gasteiger partial charge in [-0.05, 0) is 90.9 Å². The van der Waals surface area contributed by atoms with Gasteiger partial charge < -0.3 is 5.11 Å². The smallest absolute Gasteiger partial charge is 0.115 e. The van der Waals surface area contributed by atoms with Gasteiger partial charge in [-0.15, -0.1) is 0 Å². The predicted molar refractivity (Wildman–Crippen MR) is 86.5 cm³/mol. The molecule has 2 fully saturated rings. The Bertz CT molecular complexity index is 549. The summed E-state index contributed by atoms with van der Waals surface area (Å²) in [6.45, 7) is 4.99. The summed E-state index contributed by atoms with van der Waals surface area (Å²) in [5, 5.41) is 9.74. The minimum Gasteiger partial charge on any atom is -0.508 e. The molecule has 1 aromatic rings. The molecule has 0 aromatic heterocycles. The molecule has 21 heavy (non-hydrogen) atoms. The number of fused-ring (bicyclic) bond motifs is 5. The van der Waals surface area contributed by atoms with Gasteiger partial charge in [-0.3, -0.25) is 0 Å². The van der Waals surface area contributed by atoms with E-state index in [0.29, 0.717) is 11.2 Å². The summed E-state index contributed by atoms with van der Waals surface area (Å²) < 4.78 is 0. The maximum atomic E-state index is 9.74. The quantitative estimate of drug-likeness (QED) is 0.744. The first-order valence-corrected chi connectivity index (χ1v) is 8.95. The van der Waals surface area contributed by atoms with Gasteiger partial charge in [-0.1, -0.05) is 26.3 Å². The van der Waals surface area contributed by atoms with Gasteiger partial charge in [-0.25, -0.2) is 0 Å². The van der Waals surface area contributed by atoms with E-state index in [2.05, 4.69) is 19.9 Å². The van der Waals surface area contributed by atoms with Crippen molar-refractivity contribution in [1.29, 1.82) is 0 Å². The average molecular weight is 284 g/mol. The second-order valence-corrected chi connectivity index (χ2v) is 8.03. The zero-order chi connectivity index (χ0) is 14.6. The van der Waals surface area contributed by atoms with Crippen LogP contribution in [0.3, 0.4) is 0 Å². The zero-order valence-electron chi connectivity index (χ0n) is 13.4. The van der Waals surface area contributed by atoms with Crippen molar-refractivity contribution in [2.45, 2.75) is 64.7 Å². The fraction of sp³-hybridized carbons (Fsp3) is 0.700. The van der Waals surface area contributed by atoms with E-state index in [4.69, 9.17) is 0 Å². The molecule has 1 nitrogen and oxygen atoms in total. The number of benzene rings is 1. The van der Waals surface area contributed by atoms with Crippen LogP contribution < -0.4 is 0 Å². The van der Waals surface area contributed by atoms with Crippen LogP contribution in [-0.2, 0) is 6.42 Å². The molecule has 3 aliphatic carbocycles. The molecule has 0 amide bonds. The zero-order valence-corrected chi connectivity index (χ0v) is 13.4. The molecule has 0 heterocycles. The van der Waals surface area contributed by atoms with Crippen molar-refractivity contribution in [3.8, 4) is 5.75 Å². The summed E-state index contributed by atoms with van der Waals surface area (Å²) in [6, 6.07) is 6.14. The second-order valence-electron chi connectivity index (χ2n) is 8.03. The number of phenolic OH excluding ortho intramolecular Hbond substituents is 1. The summed E-state index contributed by atoms with van der Waals surface area (Å²) in [5.74, 6) is 4.02. The number of phenols is 1. The van der Waals surface area contributed by atoms with E-state index >= 15 is 0 Å². The van der Waals surface area contributed by atoms with Crippen LogP contribution >= 0.6 is 0 Å². The van der Waals surface area contributed by atoms with Crippen LogP contribution in [0.4, 0.5) is 0 Å². The van der Waals surface area contributed by atoms with E-state index in [1.54, 1.807) is 5.56 Å². The van der Waals surface area contributed by atoms with Crippen LogP contribution in [0.25, 0.3) is 0 Å². The summed E-state index contributed by atoms with van der Waals surface area (Å²) in [6.07, 6.45) is 9.59. The Balaban J connectivity index is 1.68. The van der Waals surface area contributed by atoms with Crippen LogP contribution in [0.1, 0.15) is 69.4 Å². The summed E-state index contributed by atoms with van der Waals surface area (Å²) in [7, 11) is 0. The van der Waals surface area contributed by atoms with Crippen molar-refractivity contribution in [2.24, 2.45) is 23.2 Å². The number of aryl methyl sites for hydroxylation is 1. The second kappa shape index (κ2) is 4.76. The van der Waals surface area contributed by atoms with Crippen LogP contribution in [0, 0.1) is 23.2 Å². The predicted octanol–water partition coefficient (Wildman–Crippen LogP) is 5.27. The van der Waals surface area contributed by atoms with E-state index in [1.807, 2.05) is 12.1 Å². The topological polar surface area (TPSA) is 20.2 Å². The van der Waals surface area contributed by atoms with Gasteiger partial charge in [0.05, 0.1) is 0 Å². The largest absolute Gasteiger partial charge is 0.508 e. The van der Waals surface area contributed by atoms with Crippen molar-refractivity contribution in [2.75, 3.05) is 0 Å². The molecule has 0 radical (unpaired) electrons. The van der Waals surface area contributed by atoms with Crippen molar-refractivity contribution < 1.29 is 5.11 Å². The maximum absolute atomic E-state index is 9.74. The van der Waals surface area contributed by atoms with E-state index in [1.165, 1.54) is 50.5 Å². The molecule has 0 aliphatic heterocycles. The fourth-order valence-electron chi connectivity index (χ4n) is 6.35. The first-order valence-electron chi connectivity index (χ1n) is 8.95. The number of rotatable bonds is 1. The van der Waals surface area contributed by atoms with Gasteiger partial charge in [0, 0.05) is 0 Å². The van der Waals surface area contributed by atoms with Gasteiger partial charge in [-0.2, -0.15) is 0 Å². The van der Waals surface area contributed by atoms with Crippen molar-refractivity contribution in [1.82, 2.24) is 0 Å². The van der Waals surface area contributed by atoms with E-state index in [0.717, 1.165) is 23.7 Å². The molecule has 2 saturated carbocycles. The summed E-state index contributed by atoms with van der Waals surface area (Å²) >= 11 is 0. The highest BCUT2D eigenvalue weighted by Gasteiger charge is 2.53. The Morgan fingerprint density at radius 2 is 2.05 bits per heavy atom. The lowest BCUT2D eigenvalue weighted by atomic mass is 9.54. The fourth-order valence-corrected chi connectivity index (χ4v) is 6.35. The van der Waals surface area contributed by atoms with Crippen molar-refractivity contribution >= 4 is 0 Å². The highest BCUT2D eigenvalue weighted by Crippen LogP contribution is 2.63. The Hall–Kier alpha value is -0.980. The Morgan fingerprint density at radius 3 is 2.86 bits per heavy atom. The van der Waals surface area contributed by atoms with E-state index in [-0.39, 0.29) is 0 Å². The highest BCUT2D eigenvalue weighted by atomic mass is 16.3. The molecule has 0 saturated heterocycles. The molecule has 3 aliphatic rings. The summed E-state index contributed by atoms with van der Waals surface area (Å²) in [4.78, 5) is 0.